The SMILES string of the molecule is CCc1cc(N2CCN(C3CCC(c4ccccc4)CC3)CC2)cnn1. The second kappa shape index (κ2) is 8.17. The lowest BCUT2D eigenvalue weighted by Crippen LogP contribution is -2.51. The standard InChI is InChI=1S/C22H30N4/c1-2-20-16-22(17-23-24-20)26-14-12-25(13-15-26)21-10-8-19(9-11-21)18-6-4-3-5-7-18/h3-7,16-17,19,21H,2,8-15H2,1H3. The average Bonchev–Trinajstić information content (AvgIpc) is 2.75. The van der Waals surface area contributed by atoms with E-state index in [0.717, 1.165) is 37.2 Å². The van der Waals surface area contributed by atoms with E-state index in [9.17, 15) is 0 Å². The fourth-order valence-electron chi connectivity index (χ4n) is 4.59. The van der Waals surface area contributed by atoms with E-state index in [1.807, 2.05) is 6.20 Å². The highest BCUT2D eigenvalue weighted by Crippen LogP contribution is 2.35. The van der Waals surface area contributed by atoms with Gasteiger partial charge in [0.05, 0.1) is 17.6 Å². The summed E-state index contributed by atoms with van der Waals surface area (Å²) in [6.45, 7) is 6.69. The summed E-state index contributed by atoms with van der Waals surface area (Å²) in [4.78, 5) is 5.20. The maximum atomic E-state index is 4.19. The van der Waals surface area contributed by atoms with Gasteiger partial charge in [0.2, 0.25) is 0 Å². The summed E-state index contributed by atoms with van der Waals surface area (Å²) in [5.74, 6) is 0.768. The van der Waals surface area contributed by atoms with Crippen molar-refractivity contribution in [3.05, 3.63) is 53.9 Å². The molecule has 26 heavy (non-hydrogen) atoms. The highest BCUT2D eigenvalue weighted by molar-refractivity contribution is 5.45. The molecular weight excluding hydrogens is 320 g/mol. The van der Waals surface area contributed by atoms with Crippen LogP contribution in [0.15, 0.2) is 42.6 Å². The molecule has 1 saturated heterocycles. The van der Waals surface area contributed by atoms with Crippen molar-refractivity contribution in [3.8, 4) is 0 Å². The van der Waals surface area contributed by atoms with E-state index in [1.54, 1.807) is 0 Å². The first-order chi connectivity index (χ1) is 12.8. The molecule has 138 valence electrons. The summed E-state index contributed by atoms with van der Waals surface area (Å²) in [5, 5.41) is 8.36. The Balaban J connectivity index is 1.29. The molecule has 2 aliphatic rings. The zero-order valence-electron chi connectivity index (χ0n) is 15.8. The third kappa shape index (κ3) is 3.90. The molecule has 0 spiro atoms. The first-order valence-electron chi connectivity index (χ1n) is 10.2. The van der Waals surface area contributed by atoms with Crippen LogP contribution in [0, 0.1) is 0 Å². The molecule has 2 heterocycles. The van der Waals surface area contributed by atoms with Gasteiger partial charge in [-0.3, -0.25) is 4.90 Å². The molecule has 1 aromatic carbocycles. The summed E-state index contributed by atoms with van der Waals surface area (Å²) in [7, 11) is 0. The van der Waals surface area contributed by atoms with Gasteiger partial charge >= 0.3 is 0 Å². The van der Waals surface area contributed by atoms with Crippen molar-refractivity contribution in [3.63, 3.8) is 0 Å². The monoisotopic (exact) mass is 350 g/mol. The first kappa shape index (κ1) is 17.5. The molecule has 0 radical (unpaired) electrons. The zero-order valence-corrected chi connectivity index (χ0v) is 15.8. The Labute approximate surface area is 157 Å². The number of benzene rings is 1. The number of hydrogen-bond donors (Lipinski definition) is 0. The minimum absolute atomic E-state index is 0.768. The number of hydrogen-bond acceptors (Lipinski definition) is 4. The van der Waals surface area contributed by atoms with E-state index in [4.69, 9.17) is 0 Å². The molecule has 0 unspecified atom stereocenters. The molecule has 0 amide bonds. The van der Waals surface area contributed by atoms with Gasteiger partial charge in [-0.25, -0.2) is 0 Å². The zero-order chi connectivity index (χ0) is 17.8. The van der Waals surface area contributed by atoms with Crippen LogP contribution < -0.4 is 4.90 Å². The van der Waals surface area contributed by atoms with Gasteiger partial charge in [0.15, 0.2) is 0 Å². The van der Waals surface area contributed by atoms with Crippen LogP contribution in [-0.4, -0.2) is 47.3 Å². The third-order valence-corrected chi connectivity index (χ3v) is 6.22. The number of nitrogens with zero attached hydrogens (tertiary/aromatic N) is 4. The molecule has 0 N–H and O–H groups in total. The van der Waals surface area contributed by atoms with Gasteiger partial charge in [-0.05, 0) is 49.7 Å². The van der Waals surface area contributed by atoms with Gasteiger partial charge in [0.1, 0.15) is 0 Å². The summed E-state index contributed by atoms with van der Waals surface area (Å²) in [6.07, 6.45) is 8.23. The summed E-state index contributed by atoms with van der Waals surface area (Å²) >= 11 is 0. The normalized spacial score (nSPS) is 24.6. The predicted octanol–water partition coefficient (Wildman–Crippen LogP) is 3.89. The number of rotatable bonds is 4. The molecule has 1 aliphatic carbocycles. The predicted molar refractivity (Wildman–Crippen MR) is 107 cm³/mol. The molecule has 4 nitrogen and oxygen atoms in total. The maximum Gasteiger partial charge on any atom is 0.0730 e. The smallest absolute Gasteiger partial charge is 0.0730 e. The van der Waals surface area contributed by atoms with Crippen LogP contribution in [0.25, 0.3) is 0 Å². The van der Waals surface area contributed by atoms with Gasteiger partial charge < -0.3 is 4.90 Å². The van der Waals surface area contributed by atoms with E-state index >= 15 is 0 Å². The Kier molecular flexibility index (Phi) is 5.49. The van der Waals surface area contributed by atoms with Crippen LogP contribution in [0.1, 0.15) is 49.8 Å². The fourth-order valence-corrected chi connectivity index (χ4v) is 4.59. The van der Waals surface area contributed by atoms with Crippen LogP contribution in [0.2, 0.25) is 0 Å². The number of aryl methyl sites for hydroxylation is 1. The maximum absolute atomic E-state index is 4.19. The van der Waals surface area contributed by atoms with Crippen molar-refractivity contribution in [1.82, 2.24) is 15.1 Å². The topological polar surface area (TPSA) is 32.3 Å². The molecule has 2 aromatic rings. The average molecular weight is 351 g/mol. The number of anilines is 1. The molecule has 1 aliphatic heterocycles. The highest BCUT2D eigenvalue weighted by atomic mass is 15.3. The molecular formula is C22H30N4. The van der Waals surface area contributed by atoms with Crippen molar-refractivity contribution in [2.75, 3.05) is 31.1 Å². The van der Waals surface area contributed by atoms with E-state index in [2.05, 4.69) is 63.3 Å². The quantitative estimate of drug-likeness (QED) is 0.837. The first-order valence-corrected chi connectivity index (χ1v) is 10.2. The van der Waals surface area contributed by atoms with Crippen molar-refractivity contribution in [2.45, 2.75) is 51.0 Å². The van der Waals surface area contributed by atoms with Crippen molar-refractivity contribution in [2.24, 2.45) is 0 Å². The van der Waals surface area contributed by atoms with Crippen LogP contribution in [0.4, 0.5) is 5.69 Å². The van der Waals surface area contributed by atoms with Crippen LogP contribution in [0.3, 0.4) is 0 Å². The molecule has 4 rings (SSSR count). The lowest BCUT2D eigenvalue weighted by atomic mass is 9.81. The van der Waals surface area contributed by atoms with Crippen molar-refractivity contribution >= 4 is 5.69 Å². The van der Waals surface area contributed by atoms with Crippen LogP contribution in [-0.2, 0) is 6.42 Å². The van der Waals surface area contributed by atoms with Crippen molar-refractivity contribution < 1.29 is 0 Å². The Morgan fingerprint density at radius 1 is 0.962 bits per heavy atom. The highest BCUT2D eigenvalue weighted by Gasteiger charge is 2.29. The molecule has 2 fully saturated rings. The van der Waals surface area contributed by atoms with Gasteiger partial charge in [-0.1, -0.05) is 37.3 Å². The Morgan fingerprint density at radius 3 is 2.38 bits per heavy atom. The van der Waals surface area contributed by atoms with Crippen LogP contribution >= 0.6 is 0 Å². The lowest BCUT2D eigenvalue weighted by molar-refractivity contribution is 0.141. The summed E-state index contributed by atoms with van der Waals surface area (Å²) in [5.41, 5.74) is 3.86. The van der Waals surface area contributed by atoms with E-state index in [-0.39, 0.29) is 0 Å². The van der Waals surface area contributed by atoms with Gasteiger partial charge in [0.25, 0.3) is 0 Å². The fraction of sp³-hybridized carbons (Fsp3) is 0.545. The second-order valence-electron chi connectivity index (χ2n) is 7.70. The lowest BCUT2D eigenvalue weighted by Gasteiger charge is -2.42. The molecule has 0 atom stereocenters. The van der Waals surface area contributed by atoms with E-state index in [1.165, 1.54) is 50.0 Å². The number of aromatic nitrogens is 2. The summed E-state index contributed by atoms with van der Waals surface area (Å²) in [6, 6.07) is 14.1. The Hall–Kier alpha value is -1.94. The van der Waals surface area contributed by atoms with Crippen molar-refractivity contribution in [1.29, 1.82) is 0 Å². The molecule has 1 saturated carbocycles. The van der Waals surface area contributed by atoms with E-state index in [0.29, 0.717) is 0 Å². The Bertz CT molecular complexity index is 686. The number of piperazine rings is 1. The van der Waals surface area contributed by atoms with E-state index < -0.39 is 0 Å². The van der Waals surface area contributed by atoms with Gasteiger partial charge in [-0.2, -0.15) is 10.2 Å². The Morgan fingerprint density at radius 2 is 1.69 bits per heavy atom. The molecule has 1 aromatic heterocycles. The largest absolute Gasteiger partial charge is 0.368 e. The minimum Gasteiger partial charge on any atom is -0.368 e. The summed E-state index contributed by atoms with van der Waals surface area (Å²) < 4.78 is 0. The molecule has 4 heteroatoms. The minimum atomic E-state index is 0.768. The van der Waals surface area contributed by atoms with Gasteiger partial charge in [-0.15, -0.1) is 0 Å². The van der Waals surface area contributed by atoms with Crippen LogP contribution in [0.5, 0.6) is 0 Å². The third-order valence-electron chi connectivity index (χ3n) is 6.22. The second-order valence-corrected chi connectivity index (χ2v) is 7.70. The molecule has 0 bridgehead atoms. The van der Waals surface area contributed by atoms with Gasteiger partial charge in [0, 0.05) is 32.2 Å².